The molecule has 1 atom stereocenters. The van der Waals surface area contributed by atoms with E-state index in [2.05, 4.69) is 4.90 Å². The van der Waals surface area contributed by atoms with Gasteiger partial charge < -0.3 is 14.9 Å². The molecule has 1 heterocycles. The van der Waals surface area contributed by atoms with E-state index in [0.717, 1.165) is 32.5 Å². The van der Waals surface area contributed by atoms with Crippen LogP contribution in [0.15, 0.2) is 0 Å². The summed E-state index contributed by atoms with van der Waals surface area (Å²) < 4.78 is 0. The zero-order chi connectivity index (χ0) is 12.0. The van der Waals surface area contributed by atoms with Gasteiger partial charge in [-0.1, -0.05) is 0 Å². The van der Waals surface area contributed by atoms with E-state index in [1.54, 1.807) is 19.0 Å². The van der Waals surface area contributed by atoms with E-state index < -0.39 is 0 Å². The van der Waals surface area contributed by atoms with Crippen molar-refractivity contribution in [2.24, 2.45) is 5.92 Å². The number of carbonyl (C=O) groups excluding carboxylic acids is 1. The average molecular weight is 228 g/mol. The fraction of sp³-hybridized carbons (Fsp3) is 0.917. The summed E-state index contributed by atoms with van der Waals surface area (Å²) in [5.74, 6) is 0.647. The second-order valence-electron chi connectivity index (χ2n) is 4.88. The lowest BCUT2D eigenvalue weighted by molar-refractivity contribution is -0.128. The minimum atomic E-state index is 0.204. The molecule has 16 heavy (non-hydrogen) atoms. The molecule has 0 saturated carbocycles. The van der Waals surface area contributed by atoms with Crippen molar-refractivity contribution in [3.05, 3.63) is 0 Å². The van der Waals surface area contributed by atoms with E-state index in [4.69, 9.17) is 5.11 Å². The van der Waals surface area contributed by atoms with Gasteiger partial charge in [-0.25, -0.2) is 0 Å². The van der Waals surface area contributed by atoms with Crippen LogP contribution in [-0.2, 0) is 4.79 Å². The second kappa shape index (κ2) is 6.86. The Morgan fingerprint density at radius 3 is 2.88 bits per heavy atom. The van der Waals surface area contributed by atoms with Gasteiger partial charge in [-0.3, -0.25) is 4.79 Å². The van der Waals surface area contributed by atoms with Crippen molar-refractivity contribution in [2.45, 2.75) is 25.7 Å². The number of aliphatic hydroxyl groups excluding tert-OH is 1. The van der Waals surface area contributed by atoms with Gasteiger partial charge in [0.15, 0.2) is 0 Å². The molecule has 0 aliphatic carbocycles. The third kappa shape index (κ3) is 4.49. The van der Waals surface area contributed by atoms with Crippen LogP contribution in [-0.4, -0.2) is 61.2 Å². The first-order valence-corrected chi connectivity index (χ1v) is 6.17. The molecule has 0 radical (unpaired) electrons. The summed E-state index contributed by atoms with van der Waals surface area (Å²) in [6.45, 7) is 3.39. The van der Waals surface area contributed by atoms with E-state index in [0.29, 0.717) is 18.9 Å². The Balaban J connectivity index is 2.15. The van der Waals surface area contributed by atoms with Crippen molar-refractivity contribution in [3.8, 4) is 0 Å². The highest BCUT2D eigenvalue weighted by molar-refractivity contribution is 5.75. The highest BCUT2D eigenvalue weighted by Crippen LogP contribution is 2.16. The van der Waals surface area contributed by atoms with Crippen LogP contribution in [0.1, 0.15) is 25.7 Å². The monoisotopic (exact) mass is 228 g/mol. The van der Waals surface area contributed by atoms with Crippen LogP contribution in [0.4, 0.5) is 0 Å². The zero-order valence-electron chi connectivity index (χ0n) is 10.5. The standard InChI is InChI=1S/C12H24N2O2/c1-13(2)12(16)6-4-8-14-7-3-5-11(9-14)10-15/h11,15H,3-10H2,1-2H3. The lowest BCUT2D eigenvalue weighted by Gasteiger charge is -2.31. The van der Waals surface area contributed by atoms with Crippen molar-refractivity contribution >= 4 is 5.91 Å². The van der Waals surface area contributed by atoms with Gasteiger partial charge in [0, 0.05) is 33.7 Å². The SMILES string of the molecule is CN(C)C(=O)CCCN1CCCC(CO)C1. The Morgan fingerprint density at radius 1 is 1.50 bits per heavy atom. The smallest absolute Gasteiger partial charge is 0.222 e. The number of piperidine rings is 1. The molecule has 1 amide bonds. The molecule has 1 rings (SSSR count). The molecule has 4 heteroatoms. The molecule has 1 aliphatic rings. The van der Waals surface area contributed by atoms with E-state index in [-0.39, 0.29) is 5.91 Å². The quantitative estimate of drug-likeness (QED) is 0.748. The number of likely N-dealkylation sites (tertiary alicyclic amines) is 1. The molecule has 0 spiro atoms. The molecule has 1 saturated heterocycles. The number of nitrogens with zero attached hydrogens (tertiary/aromatic N) is 2. The predicted molar refractivity (Wildman–Crippen MR) is 64.2 cm³/mol. The first-order valence-electron chi connectivity index (χ1n) is 6.17. The molecule has 0 aromatic heterocycles. The van der Waals surface area contributed by atoms with Crippen molar-refractivity contribution in [3.63, 3.8) is 0 Å². The van der Waals surface area contributed by atoms with Gasteiger partial charge in [-0.15, -0.1) is 0 Å². The summed E-state index contributed by atoms with van der Waals surface area (Å²) in [4.78, 5) is 15.4. The first kappa shape index (κ1) is 13.5. The summed E-state index contributed by atoms with van der Waals surface area (Å²) in [6.07, 6.45) is 3.87. The molecular formula is C12H24N2O2. The van der Waals surface area contributed by atoms with Crippen LogP contribution in [0.25, 0.3) is 0 Å². The van der Waals surface area contributed by atoms with Gasteiger partial charge in [0.1, 0.15) is 0 Å². The van der Waals surface area contributed by atoms with E-state index in [1.165, 1.54) is 6.42 Å². The van der Waals surface area contributed by atoms with Gasteiger partial charge in [-0.2, -0.15) is 0 Å². The van der Waals surface area contributed by atoms with Crippen LogP contribution in [0, 0.1) is 5.92 Å². The largest absolute Gasteiger partial charge is 0.396 e. The Kier molecular flexibility index (Phi) is 5.77. The van der Waals surface area contributed by atoms with E-state index in [9.17, 15) is 4.79 Å². The highest BCUT2D eigenvalue weighted by Gasteiger charge is 2.18. The molecule has 0 aromatic carbocycles. The molecule has 1 aliphatic heterocycles. The Bertz CT molecular complexity index is 219. The maximum absolute atomic E-state index is 11.4. The zero-order valence-corrected chi connectivity index (χ0v) is 10.5. The van der Waals surface area contributed by atoms with E-state index in [1.807, 2.05) is 0 Å². The van der Waals surface area contributed by atoms with Gasteiger partial charge >= 0.3 is 0 Å². The predicted octanol–water partition coefficient (Wildman–Crippen LogP) is 0.559. The maximum Gasteiger partial charge on any atom is 0.222 e. The van der Waals surface area contributed by atoms with Crippen LogP contribution < -0.4 is 0 Å². The minimum Gasteiger partial charge on any atom is -0.396 e. The van der Waals surface area contributed by atoms with Gasteiger partial charge in [0.2, 0.25) is 5.91 Å². The Labute approximate surface area is 98.2 Å². The average Bonchev–Trinajstić information content (AvgIpc) is 2.29. The van der Waals surface area contributed by atoms with Crippen LogP contribution in [0.3, 0.4) is 0 Å². The molecule has 94 valence electrons. The normalized spacial score (nSPS) is 22.1. The summed E-state index contributed by atoms with van der Waals surface area (Å²) in [5.41, 5.74) is 0. The molecule has 4 nitrogen and oxygen atoms in total. The Morgan fingerprint density at radius 2 is 2.25 bits per heavy atom. The molecule has 1 fully saturated rings. The molecular weight excluding hydrogens is 204 g/mol. The van der Waals surface area contributed by atoms with Crippen LogP contribution in [0.2, 0.25) is 0 Å². The summed E-state index contributed by atoms with van der Waals surface area (Å²) in [6, 6.07) is 0. The van der Waals surface area contributed by atoms with Gasteiger partial charge in [-0.05, 0) is 38.3 Å². The number of rotatable bonds is 5. The second-order valence-corrected chi connectivity index (χ2v) is 4.88. The third-order valence-corrected chi connectivity index (χ3v) is 3.23. The number of hydrogen-bond acceptors (Lipinski definition) is 3. The lowest BCUT2D eigenvalue weighted by atomic mass is 9.99. The topological polar surface area (TPSA) is 43.8 Å². The molecule has 1 unspecified atom stereocenters. The van der Waals surface area contributed by atoms with E-state index >= 15 is 0 Å². The fourth-order valence-corrected chi connectivity index (χ4v) is 2.18. The molecule has 0 bridgehead atoms. The van der Waals surface area contributed by atoms with Crippen molar-refractivity contribution in [2.75, 3.05) is 40.3 Å². The number of aliphatic hydroxyl groups is 1. The number of carbonyl (C=O) groups is 1. The minimum absolute atomic E-state index is 0.204. The van der Waals surface area contributed by atoms with Crippen LogP contribution >= 0.6 is 0 Å². The summed E-state index contributed by atoms with van der Waals surface area (Å²) in [7, 11) is 3.59. The van der Waals surface area contributed by atoms with Gasteiger partial charge in [0.05, 0.1) is 0 Å². The molecule has 1 N–H and O–H groups in total. The van der Waals surface area contributed by atoms with Crippen molar-refractivity contribution in [1.82, 2.24) is 9.80 Å². The number of amides is 1. The van der Waals surface area contributed by atoms with Crippen molar-refractivity contribution < 1.29 is 9.90 Å². The van der Waals surface area contributed by atoms with Crippen molar-refractivity contribution in [1.29, 1.82) is 0 Å². The Hall–Kier alpha value is -0.610. The summed E-state index contributed by atoms with van der Waals surface area (Å²) in [5, 5.41) is 9.11. The number of hydrogen-bond donors (Lipinski definition) is 1. The highest BCUT2D eigenvalue weighted by atomic mass is 16.3. The first-order chi connectivity index (χ1) is 7.63. The maximum atomic E-state index is 11.4. The van der Waals surface area contributed by atoms with Gasteiger partial charge in [0.25, 0.3) is 0 Å². The van der Waals surface area contributed by atoms with Crippen LogP contribution in [0.5, 0.6) is 0 Å². The fourth-order valence-electron chi connectivity index (χ4n) is 2.18. The lowest BCUT2D eigenvalue weighted by Crippen LogP contribution is -2.37. The summed E-state index contributed by atoms with van der Waals surface area (Å²) >= 11 is 0. The molecule has 0 aromatic rings. The third-order valence-electron chi connectivity index (χ3n) is 3.23.